The maximum Gasteiger partial charge on any atom is 0.340 e. The number of rotatable bonds is 4. The Labute approximate surface area is 123 Å². The molecule has 0 atom stereocenters. The van der Waals surface area contributed by atoms with E-state index in [2.05, 4.69) is 30.8 Å². The zero-order valence-electron chi connectivity index (χ0n) is 10.2. The van der Waals surface area contributed by atoms with E-state index in [1.807, 2.05) is 0 Å². The van der Waals surface area contributed by atoms with Gasteiger partial charge in [0, 0.05) is 4.47 Å². The summed E-state index contributed by atoms with van der Waals surface area (Å²) in [5, 5.41) is 14.1. The normalized spacial score (nSPS) is 11.3. The van der Waals surface area contributed by atoms with Crippen LogP contribution in [0.2, 0.25) is 0 Å². The van der Waals surface area contributed by atoms with Gasteiger partial charge in [0.1, 0.15) is 5.56 Å². The largest absolute Gasteiger partial charge is 0.478 e. The molecule has 2 rings (SSSR count). The molecule has 0 saturated carbocycles. The maximum absolute atomic E-state index is 12.2. The van der Waals surface area contributed by atoms with Crippen molar-refractivity contribution < 1.29 is 18.3 Å². The first-order valence-corrected chi connectivity index (χ1v) is 7.65. The lowest BCUT2D eigenvalue weighted by Crippen LogP contribution is -2.17. The van der Waals surface area contributed by atoms with Crippen LogP contribution >= 0.6 is 15.9 Å². The summed E-state index contributed by atoms with van der Waals surface area (Å²) < 4.78 is 27.3. The molecule has 0 saturated heterocycles. The Kier molecular flexibility index (Phi) is 3.82. The van der Waals surface area contributed by atoms with Crippen molar-refractivity contribution in [3.05, 3.63) is 40.0 Å². The summed E-state index contributed by atoms with van der Waals surface area (Å²) in [5.41, 5.74) is 0.741. The first-order valence-electron chi connectivity index (χ1n) is 5.37. The Bertz CT molecular complexity index is 770. The monoisotopic (exact) mass is 359 g/mol. The molecule has 106 valence electrons. The minimum atomic E-state index is -4.06. The fourth-order valence-corrected chi connectivity index (χ4v) is 3.21. The Morgan fingerprint density at radius 3 is 2.80 bits per heavy atom. The van der Waals surface area contributed by atoms with Gasteiger partial charge in [-0.05, 0) is 34.5 Å². The van der Waals surface area contributed by atoms with E-state index in [1.54, 1.807) is 25.1 Å². The molecular weight excluding hydrogens is 350 g/mol. The summed E-state index contributed by atoms with van der Waals surface area (Å²) in [6.45, 7) is 1.81. The molecule has 0 bridgehead atoms. The third-order valence-corrected chi connectivity index (χ3v) is 4.93. The van der Waals surface area contributed by atoms with Gasteiger partial charge in [-0.1, -0.05) is 12.1 Å². The van der Waals surface area contributed by atoms with E-state index in [-0.39, 0.29) is 0 Å². The molecule has 0 aliphatic heterocycles. The molecule has 0 unspecified atom stereocenters. The number of nitrogens with one attached hydrogen (secondary N) is 2. The van der Waals surface area contributed by atoms with Gasteiger partial charge in [0.05, 0.1) is 11.9 Å². The number of nitrogens with zero attached hydrogens (tertiary/aromatic N) is 1. The van der Waals surface area contributed by atoms with E-state index >= 15 is 0 Å². The smallest absolute Gasteiger partial charge is 0.340 e. The van der Waals surface area contributed by atoms with Crippen LogP contribution in [0, 0.1) is 6.92 Å². The quantitative estimate of drug-likeness (QED) is 0.772. The van der Waals surface area contributed by atoms with E-state index in [1.165, 1.54) is 0 Å². The molecule has 0 fully saturated rings. The second kappa shape index (κ2) is 5.25. The SMILES string of the molecule is Cc1cccc(NS(=O)(=O)c2[nH]ncc2C(=O)O)c1Br. The first kappa shape index (κ1) is 14.5. The molecule has 0 spiro atoms. The minimum absolute atomic E-state index is 0.316. The van der Waals surface area contributed by atoms with Crippen LogP contribution in [-0.2, 0) is 10.0 Å². The highest BCUT2D eigenvalue weighted by Crippen LogP contribution is 2.28. The Balaban J connectivity index is 2.44. The zero-order valence-corrected chi connectivity index (χ0v) is 12.6. The predicted molar refractivity (Wildman–Crippen MR) is 75.2 cm³/mol. The highest BCUT2D eigenvalue weighted by atomic mass is 79.9. The molecular formula is C11H10BrN3O4S. The predicted octanol–water partition coefficient (Wildman–Crippen LogP) is 1.98. The summed E-state index contributed by atoms with van der Waals surface area (Å²) >= 11 is 3.27. The van der Waals surface area contributed by atoms with Gasteiger partial charge < -0.3 is 5.11 Å². The molecule has 9 heteroatoms. The average molecular weight is 360 g/mol. The number of aromatic nitrogens is 2. The molecule has 1 heterocycles. The number of sulfonamides is 1. The van der Waals surface area contributed by atoms with Gasteiger partial charge >= 0.3 is 5.97 Å². The number of hydrogen-bond donors (Lipinski definition) is 3. The molecule has 3 N–H and O–H groups in total. The van der Waals surface area contributed by atoms with Gasteiger partial charge in [0.15, 0.2) is 5.03 Å². The topological polar surface area (TPSA) is 112 Å². The van der Waals surface area contributed by atoms with Gasteiger partial charge in [0.25, 0.3) is 10.0 Å². The van der Waals surface area contributed by atoms with E-state index < -0.39 is 26.6 Å². The number of carboxylic acids is 1. The summed E-state index contributed by atoms with van der Waals surface area (Å²) in [4.78, 5) is 10.9. The number of benzene rings is 1. The number of anilines is 1. The van der Waals surface area contributed by atoms with Crippen LogP contribution in [0.1, 0.15) is 15.9 Å². The van der Waals surface area contributed by atoms with Crippen molar-refractivity contribution in [2.24, 2.45) is 0 Å². The van der Waals surface area contributed by atoms with Gasteiger partial charge in [-0.2, -0.15) is 13.5 Å². The van der Waals surface area contributed by atoms with Crippen LogP contribution in [0.15, 0.2) is 33.9 Å². The summed E-state index contributed by atoms with van der Waals surface area (Å²) in [6.07, 6.45) is 0.947. The summed E-state index contributed by atoms with van der Waals surface area (Å²) in [7, 11) is -4.06. The highest BCUT2D eigenvalue weighted by Gasteiger charge is 2.25. The summed E-state index contributed by atoms with van der Waals surface area (Å²) in [5.74, 6) is -1.37. The first-order chi connectivity index (χ1) is 9.33. The average Bonchev–Trinajstić information content (AvgIpc) is 2.85. The zero-order chi connectivity index (χ0) is 14.9. The third kappa shape index (κ3) is 2.68. The van der Waals surface area contributed by atoms with Crippen molar-refractivity contribution in [3.8, 4) is 0 Å². The van der Waals surface area contributed by atoms with Crippen molar-refractivity contribution in [2.75, 3.05) is 4.72 Å². The molecule has 0 aliphatic rings. The highest BCUT2D eigenvalue weighted by molar-refractivity contribution is 9.10. The van der Waals surface area contributed by atoms with E-state index in [4.69, 9.17) is 5.11 Å². The standard InChI is InChI=1S/C11H10BrN3O4S/c1-6-3-2-4-8(9(6)12)15-20(18,19)10-7(11(16)17)5-13-14-10/h2-5,15H,1H3,(H,13,14)(H,16,17). The Morgan fingerprint density at radius 1 is 1.45 bits per heavy atom. The number of hydrogen-bond acceptors (Lipinski definition) is 4. The fourth-order valence-electron chi connectivity index (χ4n) is 1.55. The van der Waals surface area contributed by atoms with Gasteiger partial charge in [0.2, 0.25) is 0 Å². The number of aryl methyl sites for hydroxylation is 1. The lowest BCUT2D eigenvalue weighted by Gasteiger charge is -2.10. The van der Waals surface area contributed by atoms with Crippen LogP contribution in [0.3, 0.4) is 0 Å². The van der Waals surface area contributed by atoms with Crippen molar-refractivity contribution in [1.29, 1.82) is 0 Å². The van der Waals surface area contributed by atoms with E-state index in [9.17, 15) is 13.2 Å². The molecule has 0 aliphatic carbocycles. The lowest BCUT2D eigenvalue weighted by atomic mass is 10.2. The number of halogens is 1. The van der Waals surface area contributed by atoms with Gasteiger partial charge in [-0.3, -0.25) is 9.82 Å². The molecule has 1 aromatic heterocycles. The lowest BCUT2D eigenvalue weighted by molar-refractivity contribution is 0.0692. The number of H-pyrrole nitrogens is 1. The number of aromatic carboxylic acids is 1. The fraction of sp³-hybridized carbons (Fsp3) is 0.0909. The van der Waals surface area contributed by atoms with Crippen LogP contribution in [0.25, 0.3) is 0 Å². The number of carbonyl (C=O) groups is 1. The van der Waals surface area contributed by atoms with E-state index in [0.717, 1.165) is 11.8 Å². The van der Waals surface area contributed by atoms with Crippen LogP contribution in [-0.4, -0.2) is 29.7 Å². The van der Waals surface area contributed by atoms with Crippen molar-refractivity contribution in [2.45, 2.75) is 11.9 Å². The van der Waals surface area contributed by atoms with Gasteiger partial charge in [-0.15, -0.1) is 0 Å². The molecule has 0 radical (unpaired) electrons. The Morgan fingerprint density at radius 2 is 2.15 bits per heavy atom. The molecule has 20 heavy (non-hydrogen) atoms. The summed E-state index contributed by atoms with van der Waals surface area (Å²) in [6, 6.07) is 5.05. The van der Waals surface area contributed by atoms with Gasteiger partial charge in [-0.25, -0.2) is 4.79 Å². The van der Waals surface area contributed by atoms with E-state index in [0.29, 0.717) is 10.2 Å². The van der Waals surface area contributed by atoms with Crippen molar-refractivity contribution in [1.82, 2.24) is 10.2 Å². The third-order valence-electron chi connectivity index (χ3n) is 2.54. The van der Waals surface area contributed by atoms with Crippen LogP contribution < -0.4 is 4.72 Å². The van der Waals surface area contributed by atoms with Crippen molar-refractivity contribution in [3.63, 3.8) is 0 Å². The molecule has 0 amide bonds. The van der Waals surface area contributed by atoms with Crippen molar-refractivity contribution >= 4 is 37.6 Å². The number of carboxylic acid groups (broad SMARTS) is 1. The molecule has 1 aromatic carbocycles. The Hall–Kier alpha value is -1.87. The minimum Gasteiger partial charge on any atom is -0.478 e. The number of aromatic amines is 1. The second-order valence-electron chi connectivity index (χ2n) is 3.96. The van der Waals surface area contributed by atoms with Crippen LogP contribution in [0.5, 0.6) is 0 Å². The van der Waals surface area contributed by atoms with Crippen LogP contribution in [0.4, 0.5) is 5.69 Å². The molecule has 7 nitrogen and oxygen atoms in total. The second-order valence-corrected chi connectivity index (χ2v) is 6.37. The maximum atomic E-state index is 12.2. The molecule has 2 aromatic rings.